The lowest BCUT2D eigenvalue weighted by atomic mass is 10.2. The summed E-state index contributed by atoms with van der Waals surface area (Å²) in [7, 11) is -3.75. The van der Waals surface area contributed by atoms with Gasteiger partial charge in [0.05, 0.1) is 24.7 Å². The van der Waals surface area contributed by atoms with Gasteiger partial charge >= 0.3 is 0 Å². The van der Waals surface area contributed by atoms with Gasteiger partial charge in [0.1, 0.15) is 5.82 Å². The summed E-state index contributed by atoms with van der Waals surface area (Å²) in [4.78, 5) is 2.03. The van der Waals surface area contributed by atoms with E-state index < -0.39 is 15.8 Å². The molecule has 3 rings (SSSR count). The van der Waals surface area contributed by atoms with Gasteiger partial charge in [0.25, 0.3) is 0 Å². The SMILES string of the molecule is O=S(=O)(Cc1ccc(Cl)cc1)Nc1cc(N2CCOCC2)ccc1F. The van der Waals surface area contributed by atoms with Gasteiger partial charge in [-0.2, -0.15) is 0 Å². The van der Waals surface area contributed by atoms with E-state index in [9.17, 15) is 12.8 Å². The van der Waals surface area contributed by atoms with E-state index in [0.717, 1.165) is 5.69 Å². The molecule has 25 heavy (non-hydrogen) atoms. The van der Waals surface area contributed by atoms with Crippen LogP contribution in [0.25, 0.3) is 0 Å². The molecule has 0 unspecified atom stereocenters. The number of nitrogens with one attached hydrogen (secondary N) is 1. The van der Waals surface area contributed by atoms with Gasteiger partial charge in [0, 0.05) is 23.8 Å². The summed E-state index contributed by atoms with van der Waals surface area (Å²) in [6.07, 6.45) is 0. The first-order valence-electron chi connectivity index (χ1n) is 7.80. The van der Waals surface area contributed by atoms with Gasteiger partial charge in [-0.05, 0) is 35.9 Å². The van der Waals surface area contributed by atoms with E-state index in [1.54, 1.807) is 30.3 Å². The molecule has 1 aliphatic heterocycles. The van der Waals surface area contributed by atoms with Crippen molar-refractivity contribution in [3.8, 4) is 0 Å². The fourth-order valence-electron chi connectivity index (χ4n) is 2.61. The van der Waals surface area contributed by atoms with Crippen molar-refractivity contribution in [2.45, 2.75) is 5.75 Å². The summed E-state index contributed by atoms with van der Waals surface area (Å²) >= 11 is 5.80. The van der Waals surface area contributed by atoms with Crippen LogP contribution in [-0.2, 0) is 20.5 Å². The van der Waals surface area contributed by atoms with Crippen LogP contribution >= 0.6 is 11.6 Å². The van der Waals surface area contributed by atoms with Gasteiger partial charge in [-0.1, -0.05) is 23.7 Å². The highest BCUT2D eigenvalue weighted by Crippen LogP contribution is 2.25. The van der Waals surface area contributed by atoms with Crippen molar-refractivity contribution in [3.63, 3.8) is 0 Å². The molecular weight excluding hydrogens is 367 g/mol. The molecule has 134 valence electrons. The number of morpholine rings is 1. The van der Waals surface area contributed by atoms with E-state index in [2.05, 4.69) is 4.72 Å². The van der Waals surface area contributed by atoms with Crippen molar-refractivity contribution in [2.75, 3.05) is 35.9 Å². The molecule has 8 heteroatoms. The molecule has 1 fully saturated rings. The fraction of sp³-hybridized carbons (Fsp3) is 0.294. The van der Waals surface area contributed by atoms with Crippen LogP contribution in [0.2, 0.25) is 5.02 Å². The summed E-state index contributed by atoms with van der Waals surface area (Å²) in [5.74, 6) is -0.873. The van der Waals surface area contributed by atoms with Crippen LogP contribution < -0.4 is 9.62 Å². The Hall–Kier alpha value is -1.83. The molecule has 1 aliphatic rings. The predicted octanol–water partition coefficient (Wildman–Crippen LogP) is 3.26. The maximum atomic E-state index is 14.1. The molecule has 1 heterocycles. The van der Waals surface area contributed by atoms with Crippen molar-refractivity contribution in [1.82, 2.24) is 0 Å². The zero-order valence-electron chi connectivity index (χ0n) is 13.4. The van der Waals surface area contributed by atoms with Gasteiger partial charge in [0.15, 0.2) is 0 Å². The fourth-order valence-corrected chi connectivity index (χ4v) is 3.93. The lowest BCUT2D eigenvalue weighted by molar-refractivity contribution is 0.122. The van der Waals surface area contributed by atoms with E-state index in [0.29, 0.717) is 36.9 Å². The van der Waals surface area contributed by atoms with Crippen molar-refractivity contribution in [2.24, 2.45) is 0 Å². The van der Waals surface area contributed by atoms with Crippen LogP contribution in [0.4, 0.5) is 15.8 Å². The molecule has 1 N–H and O–H groups in total. The van der Waals surface area contributed by atoms with Crippen LogP contribution in [0.15, 0.2) is 42.5 Å². The lowest BCUT2D eigenvalue weighted by Crippen LogP contribution is -2.36. The Kier molecular flexibility index (Phi) is 5.46. The molecule has 0 atom stereocenters. The van der Waals surface area contributed by atoms with Crippen molar-refractivity contribution in [1.29, 1.82) is 0 Å². The maximum absolute atomic E-state index is 14.1. The normalized spacial score (nSPS) is 15.2. The Morgan fingerprint density at radius 2 is 1.80 bits per heavy atom. The molecule has 0 aliphatic carbocycles. The van der Waals surface area contributed by atoms with Crippen molar-refractivity contribution < 1.29 is 17.5 Å². The molecular formula is C17H18ClFN2O3S. The number of benzene rings is 2. The summed E-state index contributed by atoms with van der Waals surface area (Å²) in [6, 6.07) is 10.9. The number of hydrogen-bond acceptors (Lipinski definition) is 4. The molecule has 2 aromatic rings. The number of anilines is 2. The minimum atomic E-state index is -3.75. The minimum Gasteiger partial charge on any atom is -0.378 e. The second-order valence-corrected chi connectivity index (χ2v) is 7.91. The number of rotatable bonds is 5. The Morgan fingerprint density at radius 1 is 1.12 bits per heavy atom. The molecule has 2 aromatic carbocycles. The monoisotopic (exact) mass is 384 g/mol. The highest BCUT2D eigenvalue weighted by Gasteiger charge is 2.17. The predicted molar refractivity (Wildman–Crippen MR) is 97.1 cm³/mol. The quantitative estimate of drug-likeness (QED) is 0.859. The van der Waals surface area contributed by atoms with E-state index in [-0.39, 0.29) is 11.4 Å². The topological polar surface area (TPSA) is 58.6 Å². The first kappa shape index (κ1) is 18.0. The highest BCUT2D eigenvalue weighted by atomic mass is 35.5. The standard InChI is InChI=1S/C17H18ClFN2O3S/c18-14-3-1-13(2-4-14)12-25(22,23)20-17-11-15(5-6-16(17)19)21-7-9-24-10-8-21/h1-6,11,20H,7-10,12H2. The Labute approximate surface area is 151 Å². The van der Waals surface area contributed by atoms with Crippen LogP contribution in [0.3, 0.4) is 0 Å². The van der Waals surface area contributed by atoms with Gasteiger partial charge in [-0.3, -0.25) is 4.72 Å². The third kappa shape index (κ3) is 4.84. The second-order valence-electron chi connectivity index (χ2n) is 5.75. The smallest absolute Gasteiger partial charge is 0.237 e. The minimum absolute atomic E-state index is 0.0574. The third-order valence-corrected chi connectivity index (χ3v) is 5.36. The summed E-state index contributed by atoms with van der Waals surface area (Å²) < 4.78 is 46.4. The highest BCUT2D eigenvalue weighted by molar-refractivity contribution is 7.91. The zero-order chi connectivity index (χ0) is 17.9. The van der Waals surface area contributed by atoms with Crippen molar-refractivity contribution in [3.05, 3.63) is 58.9 Å². The van der Waals surface area contributed by atoms with E-state index >= 15 is 0 Å². The number of nitrogens with zero attached hydrogens (tertiary/aromatic N) is 1. The summed E-state index contributed by atoms with van der Waals surface area (Å²) in [5, 5.41) is 0.526. The molecule has 0 spiro atoms. The zero-order valence-corrected chi connectivity index (χ0v) is 15.0. The van der Waals surface area contributed by atoms with E-state index in [4.69, 9.17) is 16.3 Å². The number of ether oxygens (including phenoxy) is 1. The first-order chi connectivity index (χ1) is 11.9. The van der Waals surface area contributed by atoms with E-state index in [1.807, 2.05) is 4.90 Å². The first-order valence-corrected chi connectivity index (χ1v) is 9.83. The summed E-state index contributed by atoms with van der Waals surface area (Å²) in [6.45, 7) is 2.55. The Balaban J connectivity index is 1.77. The number of halogens is 2. The second kappa shape index (κ2) is 7.59. The molecule has 0 radical (unpaired) electrons. The Morgan fingerprint density at radius 3 is 2.48 bits per heavy atom. The molecule has 0 bridgehead atoms. The average Bonchev–Trinajstić information content (AvgIpc) is 2.59. The van der Waals surface area contributed by atoms with Crippen LogP contribution in [0, 0.1) is 5.82 Å². The van der Waals surface area contributed by atoms with E-state index in [1.165, 1.54) is 12.1 Å². The molecule has 0 amide bonds. The lowest BCUT2D eigenvalue weighted by Gasteiger charge is -2.29. The van der Waals surface area contributed by atoms with Gasteiger partial charge in [-0.15, -0.1) is 0 Å². The van der Waals surface area contributed by atoms with Gasteiger partial charge < -0.3 is 9.64 Å². The molecule has 0 aromatic heterocycles. The third-order valence-electron chi connectivity index (χ3n) is 3.86. The molecule has 5 nitrogen and oxygen atoms in total. The van der Waals surface area contributed by atoms with Crippen molar-refractivity contribution >= 4 is 33.0 Å². The van der Waals surface area contributed by atoms with Gasteiger partial charge in [0.2, 0.25) is 10.0 Å². The van der Waals surface area contributed by atoms with Crippen LogP contribution in [0.1, 0.15) is 5.56 Å². The number of hydrogen-bond donors (Lipinski definition) is 1. The molecule has 1 saturated heterocycles. The maximum Gasteiger partial charge on any atom is 0.237 e. The van der Waals surface area contributed by atoms with Crippen LogP contribution in [0.5, 0.6) is 0 Å². The number of sulfonamides is 1. The Bertz CT molecular complexity index is 837. The largest absolute Gasteiger partial charge is 0.378 e. The molecule has 0 saturated carbocycles. The van der Waals surface area contributed by atoms with Crippen LogP contribution in [-0.4, -0.2) is 34.7 Å². The van der Waals surface area contributed by atoms with Gasteiger partial charge in [-0.25, -0.2) is 12.8 Å². The average molecular weight is 385 g/mol. The summed E-state index contributed by atoms with van der Waals surface area (Å²) in [5.41, 5.74) is 1.27.